The van der Waals surface area contributed by atoms with Crippen molar-refractivity contribution >= 4 is 17.7 Å². The molecule has 1 saturated carbocycles. The van der Waals surface area contributed by atoms with Crippen LogP contribution in [-0.4, -0.2) is 28.1 Å². The van der Waals surface area contributed by atoms with E-state index >= 15 is 0 Å². The molecule has 4 N–H and O–H groups in total. The summed E-state index contributed by atoms with van der Waals surface area (Å²) in [5.41, 5.74) is 1.00. The first kappa shape index (κ1) is 15.4. The summed E-state index contributed by atoms with van der Waals surface area (Å²) in [6.45, 7) is 3.76. The SMILES string of the molecule is Cc1cc(NC(=O)NC(C)C2CCCCC2)c(C(=O)O)[nH]1. The molecule has 1 aromatic heterocycles. The lowest BCUT2D eigenvalue weighted by Crippen LogP contribution is -2.41. The minimum Gasteiger partial charge on any atom is -0.477 e. The normalized spacial score (nSPS) is 17.2. The van der Waals surface area contributed by atoms with E-state index in [-0.39, 0.29) is 17.8 Å². The zero-order valence-electron chi connectivity index (χ0n) is 12.5. The fraction of sp³-hybridized carbons (Fsp3) is 0.600. The van der Waals surface area contributed by atoms with E-state index in [0.717, 1.165) is 12.8 Å². The van der Waals surface area contributed by atoms with Crippen molar-refractivity contribution in [3.8, 4) is 0 Å². The number of aromatic carboxylic acids is 1. The average molecular weight is 293 g/mol. The van der Waals surface area contributed by atoms with Gasteiger partial charge in [-0.2, -0.15) is 0 Å². The van der Waals surface area contributed by atoms with Gasteiger partial charge in [-0.1, -0.05) is 19.3 Å². The van der Waals surface area contributed by atoms with Gasteiger partial charge in [-0.15, -0.1) is 0 Å². The Balaban J connectivity index is 1.93. The molecular weight excluding hydrogens is 270 g/mol. The van der Waals surface area contributed by atoms with E-state index in [4.69, 9.17) is 5.11 Å². The number of carboxylic acid groups (broad SMARTS) is 1. The zero-order valence-corrected chi connectivity index (χ0v) is 12.5. The molecule has 1 unspecified atom stereocenters. The van der Waals surface area contributed by atoms with Crippen LogP contribution in [0.5, 0.6) is 0 Å². The van der Waals surface area contributed by atoms with Gasteiger partial charge in [0.15, 0.2) is 0 Å². The lowest BCUT2D eigenvalue weighted by Gasteiger charge is -2.28. The monoisotopic (exact) mass is 293 g/mol. The summed E-state index contributed by atoms with van der Waals surface area (Å²) in [5.74, 6) is -0.574. The molecule has 0 spiro atoms. The van der Waals surface area contributed by atoms with Gasteiger partial charge in [0, 0.05) is 11.7 Å². The van der Waals surface area contributed by atoms with Gasteiger partial charge >= 0.3 is 12.0 Å². The van der Waals surface area contributed by atoms with Crippen molar-refractivity contribution in [2.75, 3.05) is 5.32 Å². The number of amides is 2. The van der Waals surface area contributed by atoms with Crippen molar-refractivity contribution < 1.29 is 14.7 Å². The Bertz CT molecular complexity index is 518. The third-order valence-electron chi connectivity index (χ3n) is 4.13. The maximum Gasteiger partial charge on any atom is 0.354 e. The summed E-state index contributed by atoms with van der Waals surface area (Å²) in [6, 6.07) is 1.36. The van der Waals surface area contributed by atoms with Gasteiger partial charge in [-0.3, -0.25) is 0 Å². The lowest BCUT2D eigenvalue weighted by atomic mass is 9.85. The first-order valence-electron chi connectivity index (χ1n) is 7.48. The van der Waals surface area contributed by atoms with Crippen LogP contribution in [-0.2, 0) is 0 Å². The molecule has 0 saturated heterocycles. The van der Waals surface area contributed by atoms with Gasteiger partial charge in [0.25, 0.3) is 0 Å². The second kappa shape index (κ2) is 6.65. The molecule has 1 aliphatic carbocycles. The molecule has 116 valence electrons. The number of aromatic amines is 1. The van der Waals surface area contributed by atoms with Crippen LogP contribution in [0.3, 0.4) is 0 Å². The van der Waals surface area contributed by atoms with E-state index in [0.29, 0.717) is 17.3 Å². The van der Waals surface area contributed by atoms with Crippen LogP contribution in [0, 0.1) is 12.8 Å². The number of aryl methyl sites for hydroxylation is 1. The molecule has 6 heteroatoms. The predicted molar refractivity (Wildman–Crippen MR) is 80.7 cm³/mol. The van der Waals surface area contributed by atoms with Crippen molar-refractivity contribution in [1.82, 2.24) is 10.3 Å². The topological polar surface area (TPSA) is 94.2 Å². The Morgan fingerprint density at radius 1 is 1.33 bits per heavy atom. The Labute approximate surface area is 124 Å². The summed E-state index contributed by atoms with van der Waals surface area (Å²) in [5, 5.41) is 14.6. The third-order valence-corrected chi connectivity index (χ3v) is 4.13. The molecule has 2 amide bonds. The van der Waals surface area contributed by atoms with Gasteiger partial charge in [0.05, 0.1) is 5.69 Å². The van der Waals surface area contributed by atoms with Gasteiger partial charge in [0.1, 0.15) is 5.69 Å². The van der Waals surface area contributed by atoms with Crippen molar-refractivity contribution in [1.29, 1.82) is 0 Å². The van der Waals surface area contributed by atoms with Crippen LogP contribution in [0.1, 0.15) is 55.2 Å². The number of carboxylic acids is 1. The quantitative estimate of drug-likeness (QED) is 0.687. The number of rotatable bonds is 4. The molecule has 0 aromatic carbocycles. The molecule has 1 aliphatic rings. The van der Waals surface area contributed by atoms with Crippen LogP contribution >= 0.6 is 0 Å². The number of hydrogen-bond acceptors (Lipinski definition) is 2. The fourth-order valence-electron chi connectivity index (χ4n) is 2.97. The second-order valence-corrected chi connectivity index (χ2v) is 5.83. The largest absolute Gasteiger partial charge is 0.477 e. The summed E-state index contributed by atoms with van der Waals surface area (Å²) in [6.07, 6.45) is 6.01. The molecule has 1 aromatic rings. The Morgan fingerprint density at radius 2 is 2.00 bits per heavy atom. The van der Waals surface area contributed by atoms with Gasteiger partial charge in [0.2, 0.25) is 0 Å². The maximum absolute atomic E-state index is 12.0. The van der Waals surface area contributed by atoms with E-state index in [1.165, 1.54) is 19.3 Å². The molecule has 1 atom stereocenters. The van der Waals surface area contributed by atoms with E-state index in [2.05, 4.69) is 15.6 Å². The predicted octanol–water partition coefficient (Wildman–Crippen LogP) is 3.11. The van der Waals surface area contributed by atoms with Crippen molar-refractivity contribution in [3.63, 3.8) is 0 Å². The minimum atomic E-state index is -1.08. The highest BCUT2D eigenvalue weighted by Crippen LogP contribution is 2.26. The van der Waals surface area contributed by atoms with Crippen LogP contribution in [0.2, 0.25) is 0 Å². The molecule has 2 rings (SSSR count). The highest BCUT2D eigenvalue weighted by atomic mass is 16.4. The standard InChI is InChI=1S/C15H23N3O3/c1-9-8-12(13(16-9)14(19)20)18-15(21)17-10(2)11-6-4-3-5-7-11/h8,10-11,16H,3-7H2,1-2H3,(H,19,20)(H2,17,18,21). The van der Waals surface area contributed by atoms with Crippen LogP contribution in [0.4, 0.5) is 10.5 Å². The lowest BCUT2D eigenvalue weighted by molar-refractivity contribution is 0.0692. The Kier molecular flexibility index (Phi) is 4.88. The minimum absolute atomic E-state index is 0.00738. The Hall–Kier alpha value is -1.98. The van der Waals surface area contributed by atoms with Crippen molar-refractivity contribution in [2.24, 2.45) is 5.92 Å². The summed E-state index contributed by atoms with van der Waals surface area (Å²) in [7, 11) is 0. The molecule has 21 heavy (non-hydrogen) atoms. The number of urea groups is 1. The molecule has 1 heterocycles. The van der Waals surface area contributed by atoms with E-state index in [1.807, 2.05) is 6.92 Å². The number of H-pyrrole nitrogens is 1. The highest BCUT2D eigenvalue weighted by Gasteiger charge is 2.22. The molecular formula is C15H23N3O3. The van der Waals surface area contributed by atoms with Gasteiger partial charge in [-0.25, -0.2) is 9.59 Å². The van der Waals surface area contributed by atoms with Gasteiger partial charge < -0.3 is 20.7 Å². The molecule has 1 fully saturated rings. The third kappa shape index (κ3) is 4.00. The van der Waals surface area contributed by atoms with E-state index in [9.17, 15) is 9.59 Å². The number of hydrogen-bond donors (Lipinski definition) is 4. The maximum atomic E-state index is 12.0. The smallest absolute Gasteiger partial charge is 0.354 e. The second-order valence-electron chi connectivity index (χ2n) is 5.83. The number of carbonyl (C=O) groups excluding carboxylic acids is 1. The summed E-state index contributed by atoms with van der Waals surface area (Å²) >= 11 is 0. The van der Waals surface area contributed by atoms with Crippen LogP contribution in [0.25, 0.3) is 0 Å². The number of carbonyl (C=O) groups is 2. The summed E-state index contributed by atoms with van der Waals surface area (Å²) in [4.78, 5) is 25.8. The number of nitrogens with one attached hydrogen (secondary N) is 3. The highest BCUT2D eigenvalue weighted by molar-refractivity contribution is 5.99. The molecule has 0 bridgehead atoms. The van der Waals surface area contributed by atoms with Gasteiger partial charge in [-0.05, 0) is 38.7 Å². The van der Waals surface area contributed by atoms with Crippen LogP contribution < -0.4 is 10.6 Å². The average Bonchev–Trinajstić information content (AvgIpc) is 2.80. The molecule has 0 aliphatic heterocycles. The first-order chi connectivity index (χ1) is 9.97. The molecule has 0 radical (unpaired) electrons. The molecule has 6 nitrogen and oxygen atoms in total. The van der Waals surface area contributed by atoms with Crippen molar-refractivity contribution in [3.05, 3.63) is 17.5 Å². The van der Waals surface area contributed by atoms with Crippen molar-refractivity contribution in [2.45, 2.75) is 52.0 Å². The number of anilines is 1. The van der Waals surface area contributed by atoms with E-state index < -0.39 is 5.97 Å². The first-order valence-corrected chi connectivity index (χ1v) is 7.48. The zero-order chi connectivity index (χ0) is 15.4. The van der Waals surface area contributed by atoms with E-state index in [1.54, 1.807) is 13.0 Å². The Morgan fingerprint density at radius 3 is 2.62 bits per heavy atom. The van der Waals surface area contributed by atoms with Crippen LogP contribution in [0.15, 0.2) is 6.07 Å². The fourth-order valence-corrected chi connectivity index (χ4v) is 2.97. The summed E-state index contributed by atoms with van der Waals surface area (Å²) < 4.78 is 0. The number of aromatic nitrogens is 1.